The van der Waals surface area contributed by atoms with E-state index in [0.29, 0.717) is 49.9 Å². The van der Waals surface area contributed by atoms with Gasteiger partial charge in [-0.1, -0.05) is 37.4 Å². The molecule has 4 amide bonds. The average Bonchev–Trinajstić information content (AvgIpc) is 3.65. The number of amides is 4. The minimum absolute atomic E-state index is 0.0592. The fourth-order valence-corrected chi connectivity index (χ4v) is 14.0. The highest BCUT2D eigenvalue weighted by molar-refractivity contribution is 6.98. The van der Waals surface area contributed by atoms with E-state index in [-0.39, 0.29) is 22.9 Å². The highest BCUT2D eigenvalue weighted by Gasteiger charge is 2.57. The van der Waals surface area contributed by atoms with E-state index in [4.69, 9.17) is 9.47 Å². The van der Waals surface area contributed by atoms with E-state index >= 15 is 0 Å². The van der Waals surface area contributed by atoms with E-state index in [1.165, 1.54) is 15.9 Å². The molecule has 2 aliphatic carbocycles. The monoisotopic (exact) mass is 897 g/mol. The molecule has 340 valence electrons. The molecule has 0 radical (unpaired) electrons. The van der Waals surface area contributed by atoms with Crippen LogP contribution in [-0.4, -0.2) is 137 Å². The molecule has 6 aliphatic rings. The third-order valence-corrected chi connectivity index (χ3v) is 17.9. The smallest absolute Gasteiger partial charge is 0.407 e. The Hall–Kier alpha value is -6.15. The fraction of sp³-hybridized carbons (Fsp3) is 0.431. The Morgan fingerprint density at radius 1 is 0.954 bits per heavy atom. The van der Waals surface area contributed by atoms with Gasteiger partial charge in [0.2, 0.25) is 0 Å². The minimum Gasteiger partial charge on any atom is -0.493 e. The number of allylic oxidation sites excluding steroid dienone is 5. The summed E-state index contributed by atoms with van der Waals surface area (Å²) in [4.78, 5) is 56.8. The Kier molecular flexibility index (Phi) is 11.5. The molecular weight excluding hydrogens is 837 g/mol. The zero-order valence-electron chi connectivity index (χ0n) is 38.5. The van der Waals surface area contributed by atoms with E-state index in [1.807, 2.05) is 45.2 Å². The molecule has 9 rings (SSSR count). The SMILES string of the molecule is CN(C)c1ccc2c(c1)[Si](C)(C)C1=CC(=[N+](C)C)C=CC1=C2c1cc(C(=O)NCCCCCOc2ccccc2CC2CC3(C2)CN(C(=O)N2CC4(COC(=O)N4)C2)C3)ccc1C(=O)O. The number of para-hydroxylation sites is 1. The van der Waals surface area contributed by atoms with Crippen molar-refractivity contribution in [3.05, 3.63) is 117 Å². The standard InChI is InChI=1S/C51H60N6O7Si/c1-54(2)36-15-18-39-43(24-36)65(5,6)44-25-37(55(3)4)16-19-40(44)45(39)41-23-35(14-17-38(41)47(59)60)46(58)52-20-10-7-11-21-63-42-13-9-8-12-34(42)22-33-26-50(27-33)28-56(29-50)49(62)57-30-51(31-57)32-64-48(61)53-51/h8-9,12-19,23-25,33H,7,10-11,20-22,26-32H2,1-6H3,(H2-,52,53,58,59,60,61)/p+1. The van der Waals surface area contributed by atoms with Crippen molar-refractivity contribution in [1.29, 1.82) is 0 Å². The number of nitrogens with one attached hydrogen (secondary N) is 2. The molecular formula is C51H61N6O7Si+. The first kappa shape index (κ1) is 44.1. The Balaban J connectivity index is 0.774. The molecule has 0 bridgehead atoms. The van der Waals surface area contributed by atoms with E-state index in [2.05, 4.69) is 81.8 Å². The number of likely N-dealkylation sites (tertiary alicyclic amines) is 2. The molecule has 0 unspecified atom stereocenters. The van der Waals surface area contributed by atoms with E-state index in [1.54, 1.807) is 23.1 Å². The van der Waals surface area contributed by atoms with Gasteiger partial charge in [0.25, 0.3) is 5.91 Å². The molecule has 4 fully saturated rings. The highest BCUT2D eigenvalue weighted by Crippen LogP contribution is 2.53. The van der Waals surface area contributed by atoms with Gasteiger partial charge in [0.1, 0.15) is 40.1 Å². The largest absolute Gasteiger partial charge is 0.493 e. The first-order chi connectivity index (χ1) is 31.0. The molecule has 3 N–H and O–H groups in total. The second-order valence-corrected chi connectivity index (χ2v) is 24.4. The maximum atomic E-state index is 13.7. The van der Waals surface area contributed by atoms with Crippen molar-refractivity contribution in [3.8, 4) is 5.75 Å². The van der Waals surface area contributed by atoms with Crippen molar-refractivity contribution >= 4 is 54.2 Å². The normalized spacial score (nSPS) is 19.6. The van der Waals surface area contributed by atoms with Gasteiger partial charge in [0.15, 0.2) is 5.71 Å². The van der Waals surface area contributed by atoms with Crippen LogP contribution in [-0.2, 0) is 11.2 Å². The van der Waals surface area contributed by atoms with Crippen LogP contribution in [0.3, 0.4) is 0 Å². The summed E-state index contributed by atoms with van der Waals surface area (Å²) in [7, 11) is 5.88. The predicted octanol–water partition coefficient (Wildman–Crippen LogP) is 6.08. The van der Waals surface area contributed by atoms with Gasteiger partial charge in [-0.2, -0.15) is 0 Å². The van der Waals surface area contributed by atoms with E-state index in [9.17, 15) is 24.3 Å². The number of nitrogens with zero attached hydrogens (tertiary/aromatic N) is 4. The summed E-state index contributed by atoms with van der Waals surface area (Å²) in [5.74, 6) is 0.215. The molecule has 13 nitrogen and oxygen atoms in total. The molecule has 3 saturated heterocycles. The summed E-state index contributed by atoms with van der Waals surface area (Å²) in [5, 5.41) is 18.9. The molecule has 2 spiro atoms. The third-order valence-electron chi connectivity index (χ3n) is 14.4. The number of unbranched alkanes of at least 4 members (excludes halogenated alkanes) is 2. The van der Waals surface area contributed by atoms with Gasteiger partial charge >= 0.3 is 18.1 Å². The number of ether oxygens (including phenoxy) is 2. The lowest BCUT2D eigenvalue weighted by atomic mass is 9.56. The van der Waals surface area contributed by atoms with Crippen molar-refractivity contribution < 1.29 is 38.3 Å². The topological polar surface area (TPSA) is 144 Å². The highest BCUT2D eigenvalue weighted by atomic mass is 28.3. The van der Waals surface area contributed by atoms with Crippen LogP contribution in [0.2, 0.25) is 13.1 Å². The number of benzene rings is 3. The molecule has 3 aromatic carbocycles. The molecule has 4 heterocycles. The first-order valence-corrected chi connectivity index (χ1v) is 25.9. The second kappa shape index (κ2) is 17.0. The fourth-order valence-electron chi connectivity index (χ4n) is 10.9. The Morgan fingerprint density at radius 2 is 1.71 bits per heavy atom. The van der Waals surface area contributed by atoms with Gasteiger partial charge in [-0.05, 0) is 125 Å². The number of fused-ring (bicyclic) bond motifs is 2. The van der Waals surface area contributed by atoms with Crippen molar-refractivity contribution in [2.45, 2.75) is 57.2 Å². The van der Waals surface area contributed by atoms with Crippen LogP contribution in [0.1, 0.15) is 69.5 Å². The summed E-state index contributed by atoms with van der Waals surface area (Å²) in [6.45, 7) is 8.72. The summed E-state index contributed by atoms with van der Waals surface area (Å²) >= 11 is 0. The maximum Gasteiger partial charge on any atom is 0.407 e. The van der Waals surface area contributed by atoms with Crippen LogP contribution < -0.4 is 25.5 Å². The van der Waals surface area contributed by atoms with Crippen molar-refractivity contribution in [3.63, 3.8) is 0 Å². The number of alkyl carbamates (subject to hydrolysis) is 1. The van der Waals surface area contributed by atoms with Crippen LogP contribution in [0.5, 0.6) is 5.75 Å². The number of carbonyl (C=O) groups excluding carboxylic acids is 3. The molecule has 4 aliphatic heterocycles. The lowest BCUT2D eigenvalue weighted by molar-refractivity contribution is -0.462. The number of cyclic esters (lactones) is 1. The van der Waals surface area contributed by atoms with Gasteiger partial charge < -0.3 is 39.9 Å². The van der Waals surface area contributed by atoms with E-state index < -0.39 is 25.7 Å². The summed E-state index contributed by atoms with van der Waals surface area (Å²) < 4.78 is 13.4. The Labute approximate surface area is 382 Å². The van der Waals surface area contributed by atoms with Gasteiger partial charge in [-0.3, -0.25) is 4.79 Å². The molecule has 0 atom stereocenters. The van der Waals surface area contributed by atoms with Gasteiger partial charge in [-0.25, -0.2) is 19.0 Å². The number of urea groups is 1. The van der Waals surface area contributed by atoms with Crippen molar-refractivity contribution in [2.75, 3.05) is 79.0 Å². The molecule has 1 saturated carbocycles. The predicted molar refractivity (Wildman–Crippen MR) is 254 cm³/mol. The van der Waals surface area contributed by atoms with E-state index in [0.717, 1.165) is 85.5 Å². The van der Waals surface area contributed by atoms with Crippen LogP contribution in [0.15, 0.2) is 89.7 Å². The molecule has 3 aromatic rings. The van der Waals surface area contributed by atoms with Crippen LogP contribution in [0, 0.1) is 11.3 Å². The lowest BCUT2D eigenvalue weighted by Crippen LogP contribution is -2.74. The minimum atomic E-state index is -2.25. The average molecular weight is 898 g/mol. The number of anilines is 1. The number of hydrogen-bond donors (Lipinski definition) is 3. The van der Waals surface area contributed by atoms with Crippen LogP contribution in [0.25, 0.3) is 5.57 Å². The zero-order valence-corrected chi connectivity index (χ0v) is 39.5. The number of carboxylic acids is 1. The van der Waals surface area contributed by atoms with Gasteiger partial charge in [-0.15, -0.1) is 0 Å². The quantitative estimate of drug-likeness (QED) is 0.107. The first-order valence-electron chi connectivity index (χ1n) is 22.9. The summed E-state index contributed by atoms with van der Waals surface area (Å²) in [6, 6.07) is 19.7. The zero-order chi connectivity index (χ0) is 45.8. The second-order valence-electron chi connectivity index (χ2n) is 20.0. The number of hydrogen-bond acceptors (Lipinski definition) is 7. The molecule has 0 aromatic heterocycles. The van der Waals surface area contributed by atoms with Crippen molar-refractivity contribution in [1.82, 2.24) is 20.4 Å². The summed E-state index contributed by atoms with van der Waals surface area (Å²) in [6.07, 6.45) is 11.7. The third kappa shape index (κ3) is 8.37. The Morgan fingerprint density at radius 3 is 2.42 bits per heavy atom. The van der Waals surface area contributed by atoms with Gasteiger partial charge in [0, 0.05) is 62.5 Å². The number of rotatable bonds is 13. The molecule has 65 heavy (non-hydrogen) atoms. The van der Waals surface area contributed by atoms with Crippen molar-refractivity contribution in [2.24, 2.45) is 11.3 Å². The lowest BCUT2D eigenvalue weighted by Gasteiger charge is -2.61. The van der Waals surface area contributed by atoms with Crippen LogP contribution >= 0.6 is 0 Å². The number of carbonyl (C=O) groups is 4. The Bertz CT molecular complexity index is 2590. The number of carboxylic acid groups (broad SMARTS) is 1. The summed E-state index contributed by atoms with van der Waals surface area (Å²) in [5.41, 5.74) is 7.23. The molecule has 14 heteroatoms. The maximum absolute atomic E-state index is 13.7. The van der Waals surface area contributed by atoms with Gasteiger partial charge in [0.05, 0.1) is 25.3 Å². The number of aromatic carboxylic acids is 1. The van der Waals surface area contributed by atoms with Crippen LogP contribution in [0.4, 0.5) is 15.3 Å².